The summed E-state index contributed by atoms with van der Waals surface area (Å²) in [5.74, 6) is -1.39. The molecule has 1 aromatic heterocycles. The number of aromatic nitrogens is 2. The molecule has 0 fully saturated rings. The molecule has 0 radical (unpaired) electrons. The second kappa shape index (κ2) is 7.36. The second-order valence-electron chi connectivity index (χ2n) is 4.37. The van der Waals surface area contributed by atoms with Crippen LogP contribution in [0.15, 0.2) is 4.90 Å². The van der Waals surface area contributed by atoms with Gasteiger partial charge in [0.05, 0.1) is 5.69 Å². The maximum atomic E-state index is 12.1. The van der Waals surface area contributed by atoms with Gasteiger partial charge in [-0.2, -0.15) is 5.10 Å². The van der Waals surface area contributed by atoms with E-state index in [-0.39, 0.29) is 23.7 Å². The summed E-state index contributed by atoms with van der Waals surface area (Å²) < 4.78 is 26.5. The lowest BCUT2D eigenvalue weighted by Crippen LogP contribution is -2.26. The van der Waals surface area contributed by atoms with Crippen LogP contribution in [0.3, 0.4) is 0 Å². The highest BCUT2D eigenvalue weighted by Crippen LogP contribution is 2.17. The van der Waals surface area contributed by atoms with Gasteiger partial charge in [0.2, 0.25) is 10.0 Å². The van der Waals surface area contributed by atoms with Crippen LogP contribution in [0.5, 0.6) is 0 Å². The van der Waals surface area contributed by atoms with Crippen molar-refractivity contribution in [3.8, 4) is 0 Å². The molecule has 0 unspecified atom stereocenters. The van der Waals surface area contributed by atoms with Crippen LogP contribution in [0.4, 0.5) is 0 Å². The van der Waals surface area contributed by atoms with Crippen LogP contribution in [0.1, 0.15) is 41.9 Å². The van der Waals surface area contributed by atoms with E-state index in [1.165, 1.54) is 6.92 Å². The first kappa shape index (κ1) is 16.6. The van der Waals surface area contributed by atoms with Crippen molar-refractivity contribution in [2.75, 3.05) is 13.2 Å². The number of unbranched alkanes of at least 4 members (excludes halogenated alkanes) is 3. The van der Waals surface area contributed by atoms with E-state index in [2.05, 4.69) is 14.9 Å². The first-order valence-electron chi connectivity index (χ1n) is 6.29. The molecule has 1 heterocycles. The Morgan fingerprint density at radius 2 is 1.95 bits per heavy atom. The lowest BCUT2D eigenvalue weighted by molar-refractivity contribution is 0.0686. The molecule has 0 aromatic carbocycles. The number of nitrogens with zero attached hydrogens (tertiary/aromatic N) is 1. The van der Waals surface area contributed by atoms with E-state index in [0.29, 0.717) is 12.8 Å². The van der Waals surface area contributed by atoms with Crippen molar-refractivity contribution in [3.63, 3.8) is 0 Å². The molecule has 0 amide bonds. The molecule has 0 aliphatic carbocycles. The van der Waals surface area contributed by atoms with Gasteiger partial charge in [-0.05, 0) is 19.8 Å². The van der Waals surface area contributed by atoms with E-state index in [4.69, 9.17) is 10.2 Å². The Balaban J connectivity index is 2.65. The van der Waals surface area contributed by atoms with Crippen LogP contribution < -0.4 is 4.72 Å². The summed E-state index contributed by atoms with van der Waals surface area (Å²) in [7, 11) is -3.89. The highest BCUT2D eigenvalue weighted by molar-refractivity contribution is 7.89. The smallest absolute Gasteiger partial charge is 0.357 e. The molecule has 0 saturated heterocycles. The molecule has 0 spiro atoms. The number of carboxylic acid groups (broad SMARTS) is 1. The number of rotatable bonds is 9. The number of aryl methyl sites for hydroxylation is 1. The maximum absolute atomic E-state index is 12.1. The average Bonchev–Trinajstić information content (AvgIpc) is 2.76. The third-order valence-corrected chi connectivity index (χ3v) is 4.36. The van der Waals surface area contributed by atoms with Gasteiger partial charge in [-0.1, -0.05) is 12.8 Å². The Morgan fingerprint density at radius 1 is 1.30 bits per heavy atom. The molecule has 1 rings (SSSR count). The Kier molecular flexibility index (Phi) is 6.11. The fourth-order valence-electron chi connectivity index (χ4n) is 1.76. The Bertz CT molecular complexity index is 552. The fraction of sp³-hybridized carbons (Fsp3) is 0.636. The number of aliphatic hydroxyl groups excluding tert-OH is 1. The van der Waals surface area contributed by atoms with Gasteiger partial charge in [0.15, 0.2) is 5.69 Å². The van der Waals surface area contributed by atoms with Gasteiger partial charge in [0.25, 0.3) is 0 Å². The van der Waals surface area contributed by atoms with E-state index in [9.17, 15) is 13.2 Å². The zero-order valence-corrected chi connectivity index (χ0v) is 12.0. The average molecular weight is 305 g/mol. The van der Waals surface area contributed by atoms with Gasteiger partial charge in [-0.15, -0.1) is 0 Å². The van der Waals surface area contributed by atoms with Crippen LogP contribution >= 0.6 is 0 Å². The number of hydrogen-bond acceptors (Lipinski definition) is 5. The summed E-state index contributed by atoms with van der Waals surface area (Å²) >= 11 is 0. The van der Waals surface area contributed by atoms with Gasteiger partial charge in [0.1, 0.15) is 4.90 Å². The standard InChI is InChI=1S/C11H19N3O5S/c1-8-10(9(11(16)17)14-13-8)20(18,19)12-6-4-2-3-5-7-15/h12,15H,2-7H2,1H3,(H,13,14)(H,16,17). The highest BCUT2D eigenvalue weighted by Gasteiger charge is 2.27. The molecule has 0 atom stereocenters. The largest absolute Gasteiger partial charge is 0.476 e. The molecule has 4 N–H and O–H groups in total. The molecular weight excluding hydrogens is 286 g/mol. The number of carbonyl (C=O) groups is 1. The minimum atomic E-state index is -3.89. The number of sulfonamides is 1. The first-order chi connectivity index (χ1) is 9.40. The normalized spacial score (nSPS) is 11.7. The summed E-state index contributed by atoms with van der Waals surface area (Å²) in [5, 5.41) is 23.4. The van der Waals surface area contributed by atoms with Crippen LogP contribution in [-0.4, -0.2) is 47.9 Å². The number of aliphatic hydroxyl groups is 1. The Morgan fingerprint density at radius 3 is 2.55 bits per heavy atom. The molecule has 114 valence electrons. The molecule has 1 aromatic rings. The molecule has 8 nitrogen and oxygen atoms in total. The number of aromatic carboxylic acids is 1. The van der Waals surface area contributed by atoms with Gasteiger partial charge in [-0.25, -0.2) is 17.9 Å². The van der Waals surface area contributed by atoms with Gasteiger partial charge >= 0.3 is 5.97 Å². The van der Waals surface area contributed by atoms with Crippen LogP contribution in [0, 0.1) is 6.92 Å². The lowest BCUT2D eigenvalue weighted by Gasteiger charge is -2.06. The lowest BCUT2D eigenvalue weighted by atomic mass is 10.2. The van der Waals surface area contributed by atoms with Gasteiger partial charge < -0.3 is 10.2 Å². The number of hydrogen-bond donors (Lipinski definition) is 4. The number of aromatic amines is 1. The van der Waals surface area contributed by atoms with E-state index in [0.717, 1.165) is 12.8 Å². The van der Waals surface area contributed by atoms with Crippen molar-refractivity contribution < 1.29 is 23.4 Å². The third-order valence-electron chi connectivity index (χ3n) is 2.74. The van der Waals surface area contributed by atoms with E-state index in [1.807, 2.05) is 0 Å². The predicted molar refractivity (Wildman–Crippen MR) is 71.0 cm³/mol. The van der Waals surface area contributed by atoms with Crippen molar-refractivity contribution in [1.82, 2.24) is 14.9 Å². The Hall–Kier alpha value is -1.45. The highest BCUT2D eigenvalue weighted by atomic mass is 32.2. The van der Waals surface area contributed by atoms with E-state index < -0.39 is 21.7 Å². The van der Waals surface area contributed by atoms with Crippen molar-refractivity contribution in [3.05, 3.63) is 11.4 Å². The van der Waals surface area contributed by atoms with Crippen LogP contribution in [-0.2, 0) is 10.0 Å². The van der Waals surface area contributed by atoms with Gasteiger partial charge in [-0.3, -0.25) is 5.10 Å². The zero-order valence-electron chi connectivity index (χ0n) is 11.2. The quantitative estimate of drug-likeness (QED) is 0.483. The van der Waals surface area contributed by atoms with Crippen molar-refractivity contribution in [2.24, 2.45) is 0 Å². The molecule has 0 aliphatic rings. The van der Waals surface area contributed by atoms with Crippen molar-refractivity contribution >= 4 is 16.0 Å². The second-order valence-corrected chi connectivity index (χ2v) is 6.07. The Labute approximate surface area is 117 Å². The predicted octanol–water partition coefficient (Wildman–Crippen LogP) is 0.247. The topological polar surface area (TPSA) is 132 Å². The fourth-order valence-corrected chi connectivity index (χ4v) is 3.16. The monoisotopic (exact) mass is 305 g/mol. The summed E-state index contributed by atoms with van der Waals surface area (Å²) in [6.45, 7) is 1.80. The maximum Gasteiger partial charge on any atom is 0.357 e. The minimum Gasteiger partial charge on any atom is -0.476 e. The van der Waals surface area contributed by atoms with E-state index in [1.54, 1.807) is 0 Å². The molecule has 0 saturated carbocycles. The minimum absolute atomic E-state index is 0.127. The van der Waals surface area contributed by atoms with Crippen LogP contribution in [0.25, 0.3) is 0 Å². The molecule has 0 bridgehead atoms. The summed E-state index contributed by atoms with van der Waals surface area (Å²) in [5.41, 5.74) is -0.314. The summed E-state index contributed by atoms with van der Waals surface area (Å²) in [4.78, 5) is 10.6. The first-order valence-corrected chi connectivity index (χ1v) is 7.77. The molecule has 9 heteroatoms. The number of H-pyrrole nitrogens is 1. The van der Waals surface area contributed by atoms with Crippen molar-refractivity contribution in [1.29, 1.82) is 0 Å². The number of carboxylic acids is 1. The molecule has 0 aliphatic heterocycles. The number of nitrogens with one attached hydrogen (secondary N) is 2. The molecular formula is C11H19N3O5S. The zero-order chi connectivity index (χ0) is 15.2. The summed E-state index contributed by atoms with van der Waals surface area (Å²) in [6.07, 6.45) is 2.93. The van der Waals surface area contributed by atoms with Crippen LogP contribution in [0.2, 0.25) is 0 Å². The molecule has 20 heavy (non-hydrogen) atoms. The SMILES string of the molecule is Cc1[nH]nc(C(=O)O)c1S(=O)(=O)NCCCCCCO. The third kappa shape index (κ3) is 4.29. The summed E-state index contributed by atoms with van der Waals surface area (Å²) in [6, 6.07) is 0. The van der Waals surface area contributed by atoms with Crippen molar-refractivity contribution in [2.45, 2.75) is 37.5 Å². The van der Waals surface area contributed by atoms with Gasteiger partial charge in [0, 0.05) is 13.2 Å². The van der Waals surface area contributed by atoms with E-state index >= 15 is 0 Å².